The number of hydrogen-bond acceptors (Lipinski definition) is 4. The average molecular weight is 456 g/mol. The number of likely N-dealkylation sites (N-methyl/N-ethyl adjacent to an activating group) is 1. The van der Waals surface area contributed by atoms with Gasteiger partial charge in [-0.3, -0.25) is 4.79 Å². The number of benzene rings is 2. The molecule has 1 aliphatic heterocycles. The van der Waals surface area contributed by atoms with Crippen LogP contribution in [0.4, 0.5) is 0 Å². The highest BCUT2D eigenvalue weighted by atomic mass is 32.2. The van der Waals surface area contributed by atoms with E-state index in [0.29, 0.717) is 24.2 Å². The number of aryl methyl sites for hydroxylation is 2. The van der Waals surface area contributed by atoms with Crippen LogP contribution in [-0.4, -0.2) is 56.8 Å². The molecular formula is C25H33N3O3S. The average Bonchev–Trinajstić information content (AvgIpc) is 2.79. The lowest BCUT2D eigenvalue weighted by Gasteiger charge is -2.31. The summed E-state index contributed by atoms with van der Waals surface area (Å²) in [6.07, 6.45) is 4.74. The van der Waals surface area contributed by atoms with Crippen molar-refractivity contribution in [2.75, 3.05) is 33.2 Å². The number of amides is 1. The van der Waals surface area contributed by atoms with Crippen LogP contribution in [0, 0.1) is 0 Å². The number of hydrogen-bond donors (Lipinski definition) is 1. The first-order valence-corrected chi connectivity index (χ1v) is 13.1. The summed E-state index contributed by atoms with van der Waals surface area (Å²) in [6, 6.07) is 13.4. The number of rotatable bonds is 6. The van der Waals surface area contributed by atoms with Crippen molar-refractivity contribution in [2.24, 2.45) is 0 Å². The highest BCUT2D eigenvalue weighted by molar-refractivity contribution is 7.88. The Morgan fingerprint density at radius 1 is 0.969 bits per heavy atom. The Bertz CT molecular complexity index is 1060. The lowest BCUT2D eigenvalue weighted by Crippen LogP contribution is -2.47. The molecule has 6 nitrogen and oxygen atoms in total. The van der Waals surface area contributed by atoms with Gasteiger partial charge in [-0.2, -0.15) is 4.31 Å². The second-order valence-electron chi connectivity index (χ2n) is 9.09. The van der Waals surface area contributed by atoms with Crippen molar-refractivity contribution >= 4 is 15.9 Å². The van der Waals surface area contributed by atoms with Crippen LogP contribution in [0.2, 0.25) is 0 Å². The molecule has 172 valence electrons. The van der Waals surface area contributed by atoms with Crippen LogP contribution in [0.25, 0.3) is 0 Å². The van der Waals surface area contributed by atoms with Gasteiger partial charge in [0.25, 0.3) is 5.91 Å². The summed E-state index contributed by atoms with van der Waals surface area (Å²) in [6.45, 7) is 4.56. The first-order chi connectivity index (χ1) is 15.3. The van der Waals surface area contributed by atoms with E-state index in [0.717, 1.165) is 31.5 Å². The molecule has 1 heterocycles. The number of nitrogens with zero attached hydrogens (tertiary/aromatic N) is 2. The predicted molar refractivity (Wildman–Crippen MR) is 127 cm³/mol. The summed E-state index contributed by atoms with van der Waals surface area (Å²) in [5.41, 5.74) is 5.19. The van der Waals surface area contributed by atoms with E-state index in [2.05, 4.69) is 28.4 Å². The lowest BCUT2D eigenvalue weighted by molar-refractivity contribution is 0.0940. The Labute approximate surface area is 191 Å². The van der Waals surface area contributed by atoms with E-state index >= 15 is 0 Å². The van der Waals surface area contributed by atoms with Crippen molar-refractivity contribution in [1.82, 2.24) is 14.5 Å². The topological polar surface area (TPSA) is 69.7 Å². The normalized spacial score (nSPS) is 18.7. The molecule has 1 amide bonds. The van der Waals surface area contributed by atoms with Crippen LogP contribution in [0.15, 0.2) is 42.5 Å². The van der Waals surface area contributed by atoms with E-state index < -0.39 is 10.0 Å². The fraction of sp³-hybridized carbons (Fsp3) is 0.480. The van der Waals surface area contributed by atoms with Gasteiger partial charge in [0.2, 0.25) is 10.0 Å². The maximum atomic E-state index is 12.7. The maximum absolute atomic E-state index is 12.7. The van der Waals surface area contributed by atoms with Crippen LogP contribution in [0.1, 0.15) is 58.4 Å². The van der Waals surface area contributed by atoms with Gasteiger partial charge in [-0.15, -0.1) is 0 Å². The number of nitrogens with one attached hydrogen (secondary N) is 1. The number of piperazine rings is 1. The molecule has 0 saturated carbocycles. The lowest BCUT2D eigenvalue weighted by atomic mass is 9.89. The van der Waals surface area contributed by atoms with Crippen molar-refractivity contribution in [2.45, 2.75) is 44.4 Å². The van der Waals surface area contributed by atoms with E-state index in [9.17, 15) is 13.2 Å². The third kappa shape index (κ3) is 5.39. The molecule has 0 aromatic heterocycles. The molecule has 0 radical (unpaired) electrons. The van der Waals surface area contributed by atoms with Crippen LogP contribution in [-0.2, 0) is 28.6 Å². The van der Waals surface area contributed by atoms with Gasteiger partial charge in [-0.05, 0) is 74.0 Å². The van der Waals surface area contributed by atoms with Gasteiger partial charge in [-0.1, -0.05) is 30.3 Å². The Morgan fingerprint density at radius 2 is 1.62 bits per heavy atom. The first-order valence-electron chi connectivity index (χ1n) is 11.5. The molecule has 4 rings (SSSR count). The molecule has 2 aromatic carbocycles. The largest absolute Gasteiger partial charge is 0.346 e. The molecule has 32 heavy (non-hydrogen) atoms. The molecular weight excluding hydrogens is 422 g/mol. The van der Waals surface area contributed by atoms with Gasteiger partial charge in [0, 0.05) is 31.7 Å². The maximum Gasteiger partial charge on any atom is 0.251 e. The van der Waals surface area contributed by atoms with Crippen molar-refractivity contribution in [3.63, 3.8) is 0 Å². The zero-order chi connectivity index (χ0) is 22.7. The zero-order valence-electron chi connectivity index (χ0n) is 19.0. The van der Waals surface area contributed by atoms with Crippen LogP contribution >= 0.6 is 0 Å². The monoisotopic (exact) mass is 455 g/mol. The van der Waals surface area contributed by atoms with Gasteiger partial charge in [0.15, 0.2) is 0 Å². The second-order valence-corrected chi connectivity index (χ2v) is 11.1. The van der Waals surface area contributed by atoms with Gasteiger partial charge < -0.3 is 10.2 Å². The summed E-state index contributed by atoms with van der Waals surface area (Å²) in [4.78, 5) is 14.9. The van der Waals surface area contributed by atoms with Gasteiger partial charge in [0.05, 0.1) is 11.8 Å². The highest BCUT2D eigenvalue weighted by Crippen LogP contribution is 2.25. The fourth-order valence-corrected chi connectivity index (χ4v) is 6.02. The molecule has 1 atom stereocenters. The minimum absolute atomic E-state index is 0.0376. The smallest absolute Gasteiger partial charge is 0.251 e. The molecule has 0 unspecified atom stereocenters. The van der Waals surface area contributed by atoms with Gasteiger partial charge in [-0.25, -0.2) is 8.42 Å². The number of carbonyl (C=O) groups is 1. The summed E-state index contributed by atoms with van der Waals surface area (Å²) >= 11 is 0. The van der Waals surface area contributed by atoms with Gasteiger partial charge >= 0.3 is 0 Å². The predicted octanol–water partition coefficient (Wildman–Crippen LogP) is 3.13. The molecule has 1 N–H and O–H groups in total. The van der Waals surface area contributed by atoms with Crippen molar-refractivity contribution in [3.05, 3.63) is 70.3 Å². The summed E-state index contributed by atoms with van der Waals surface area (Å²) < 4.78 is 27.0. The summed E-state index contributed by atoms with van der Waals surface area (Å²) in [7, 11) is -1.35. The summed E-state index contributed by atoms with van der Waals surface area (Å²) in [5, 5.41) is 3.07. The Balaban J connectivity index is 1.36. The van der Waals surface area contributed by atoms with Crippen LogP contribution in [0.3, 0.4) is 0 Å². The van der Waals surface area contributed by atoms with E-state index in [4.69, 9.17) is 0 Å². The fourth-order valence-electron chi connectivity index (χ4n) is 4.51. The van der Waals surface area contributed by atoms with E-state index in [1.165, 1.54) is 24.0 Å². The second kappa shape index (κ2) is 9.73. The molecule has 1 saturated heterocycles. The van der Waals surface area contributed by atoms with E-state index in [-0.39, 0.29) is 17.7 Å². The van der Waals surface area contributed by atoms with Gasteiger partial charge in [0.1, 0.15) is 0 Å². The highest BCUT2D eigenvalue weighted by Gasteiger charge is 2.26. The molecule has 1 aliphatic carbocycles. The third-order valence-corrected chi connectivity index (χ3v) is 8.49. The van der Waals surface area contributed by atoms with Crippen LogP contribution < -0.4 is 5.32 Å². The van der Waals surface area contributed by atoms with Crippen LogP contribution in [0.5, 0.6) is 0 Å². The molecule has 1 fully saturated rings. The Morgan fingerprint density at radius 3 is 2.31 bits per heavy atom. The van der Waals surface area contributed by atoms with E-state index in [1.54, 1.807) is 28.6 Å². The van der Waals surface area contributed by atoms with Crippen molar-refractivity contribution in [1.29, 1.82) is 0 Å². The number of carbonyl (C=O) groups excluding carboxylic acids is 1. The Hall–Kier alpha value is -2.22. The van der Waals surface area contributed by atoms with E-state index in [1.807, 2.05) is 14.0 Å². The zero-order valence-corrected chi connectivity index (χ0v) is 19.8. The molecule has 7 heteroatoms. The molecule has 2 aliphatic rings. The molecule has 0 spiro atoms. The Kier molecular flexibility index (Phi) is 6.98. The quantitative estimate of drug-likeness (QED) is 0.727. The SMILES string of the molecule is C[C@H](NC(=O)c1ccc(CS(=O)(=O)N2CCN(C)CC2)cc1)c1ccc2c(c1)CCCC2. The summed E-state index contributed by atoms with van der Waals surface area (Å²) in [5.74, 6) is -0.187. The minimum Gasteiger partial charge on any atom is -0.346 e. The number of sulfonamides is 1. The third-order valence-electron chi connectivity index (χ3n) is 6.64. The standard InChI is InChI=1S/C25H33N3O3S/c1-19(23-12-11-21-5-3-4-6-24(21)17-23)26-25(29)22-9-7-20(8-10-22)18-32(30,31)28-15-13-27(2)14-16-28/h7-12,17,19H,3-6,13-16,18H2,1-2H3,(H,26,29)/t19-/m0/s1. The molecule has 0 bridgehead atoms. The minimum atomic E-state index is -3.35. The number of fused-ring (bicyclic) bond motifs is 1. The molecule has 2 aromatic rings. The first kappa shape index (κ1) is 23.0. The van der Waals surface area contributed by atoms with Crippen molar-refractivity contribution < 1.29 is 13.2 Å². The van der Waals surface area contributed by atoms with Crippen molar-refractivity contribution in [3.8, 4) is 0 Å².